The average molecular weight is 343 g/mol. The van der Waals surface area contributed by atoms with Crippen molar-refractivity contribution >= 4 is 11.7 Å². The van der Waals surface area contributed by atoms with Crippen molar-refractivity contribution in [3.05, 3.63) is 30.2 Å². The third-order valence-corrected chi connectivity index (χ3v) is 4.76. The van der Waals surface area contributed by atoms with Crippen molar-refractivity contribution < 1.29 is 4.79 Å². The maximum absolute atomic E-state index is 11.5. The molecule has 0 aliphatic heterocycles. The molecule has 2 N–H and O–H groups in total. The van der Waals surface area contributed by atoms with E-state index in [0.29, 0.717) is 18.3 Å². The van der Waals surface area contributed by atoms with E-state index >= 15 is 0 Å². The molecule has 2 aromatic heterocycles. The first-order valence-electron chi connectivity index (χ1n) is 8.91. The highest BCUT2D eigenvalue weighted by molar-refractivity contribution is 5.91. The van der Waals surface area contributed by atoms with E-state index in [-0.39, 0.29) is 5.69 Å². The average Bonchev–Trinajstić information content (AvgIpc) is 3.09. The van der Waals surface area contributed by atoms with Gasteiger partial charge in [0.25, 0.3) is 5.91 Å². The van der Waals surface area contributed by atoms with Crippen LogP contribution in [0.1, 0.15) is 55.3 Å². The molecular formula is C17H25N7O. The van der Waals surface area contributed by atoms with Gasteiger partial charge in [0.1, 0.15) is 30.0 Å². The van der Waals surface area contributed by atoms with Crippen LogP contribution in [0.4, 0.5) is 5.82 Å². The first-order chi connectivity index (χ1) is 12.2. The van der Waals surface area contributed by atoms with Crippen molar-refractivity contribution in [2.75, 3.05) is 11.4 Å². The second kappa shape index (κ2) is 8.04. The summed E-state index contributed by atoms with van der Waals surface area (Å²) in [6, 6.07) is 1.66. The zero-order valence-corrected chi connectivity index (χ0v) is 14.6. The number of nitrogens with zero attached hydrogens (tertiary/aromatic N) is 6. The number of rotatable bonds is 7. The quantitative estimate of drug-likeness (QED) is 0.822. The molecule has 1 aliphatic carbocycles. The lowest BCUT2D eigenvalue weighted by Crippen LogP contribution is -2.32. The molecule has 1 saturated carbocycles. The first kappa shape index (κ1) is 17.3. The van der Waals surface area contributed by atoms with Gasteiger partial charge in [0.2, 0.25) is 0 Å². The molecule has 0 spiro atoms. The molecule has 2 aromatic rings. The SMILES string of the molecule is CCn1ncnc1CN(CC1CCCCC1)c1cc(C(N)=O)ncn1. The van der Waals surface area contributed by atoms with Gasteiger partial charge in [-0.2, -0.15) is 5.10 Å². The van der Waals surface area contributed by atoms with Crippen molar-refractivity contribution in [2.24, 2.45) is 11.7 Å². The van der Waals surface area contributed by atoms with Crippen LogP contribution in [-0.2, 0) is 13.1 Å². The summed E-state index contributed by atoms with van der Waals surface area (Å²) in [5, 5.41) is 4.25. The van der Waals surface area contributed by atoms with E-state index in [2.05, 4.69) is 25.0 Å². The summed E-state index contributed by atoms with van der Waals surface area (Å²) < 4.78 is 1.88. The summed E-state index contributed by atoms with van der Waals surface area (Å²) in [6.07, 6.45) is 9.30. The van der Waals surface area contributed by atoms with Gasteiger partial charge in [-0.25, -0.2) is 19.6 Å². The Morgan fingerprint density at radius 2 is 2.04 bits per heavy atom. The van der Waals surface area contributed by atoms with Crippen LogP contribution >= 0.6 is 0 Å². The molecule has 0 atom stereocenters. The lowest BCUT2D eigenvalue weighted by molar-refractivity contribution is 0.0995. The highest BCUT2D eigenvalue weighted by atomic mass is 16.1. The van der Waals surface area contributed by atoms with E-state index in [1.807, 2.05) is 11.6 Å². The number of carbonyl (C=O) groups is 1. The second-order valence-corrected chi connectivity index (χ2v) is 6.50. The van der Waals surface area contributed by atoms with Crippen LogP contribution < -0.4 is 10.6 Å². The Morgan fingerprint density at radius 3 is 2.76 bits per heavy atom. The zero-order valence-electron chi connectivity index (χ0n) is 14.6. The largest absolute Gasteiger partial charge is 0.364 e. The van der Waals surface area contributed by atoms with Crippen molar-refractivity contribution in [2.45, 2.75) is 52.1 Å². The monoisotopic (exact) mass is 343 g/mol. The summed E-state index contributed by atoms with van der Waals surface area (Å²) in [5.41, 5.74) is 5.61. The lowest BCUT2D eigenvalue weighted by Gasteiger charge is -2.30. The number of aryl methyl sites for hydroxylation is 1. The minimum absolute atomic E-state index is 0.232. The molecule has 0 radical (unpaired) electrons. The fourth-order valence-corrected chi connectivity index (χ4v) is 3.42. The van der Waals surface area contributed by atoms with Gasteiger partial charge in [-0.15, -0.1) is 0 Å². The molecule has 25 heavy (non-hydrogen) atoms. The number of primary amides is 1. The van der Waals surface area contributed by atoms with Crippen molar-refractivity contribution in [1.29, 1.82) is 0 Å². The Hall–Kier alpha value is -2.51. The minimum atomic E-state index is -0.544. The third-order valence-electron chi connectivity index (χ3n) is 4.76. The first-order valence-corrected chi connectivity index (χ1v) is 8.91. The van der Waals surface area contributed by atoms with Gasteiger partial charge < -0.3 is 10.6 Å². The summed E-state index contributed by atoms with van der Waals surface area (Å²) >= 11 is 0. The number of hydrogen-bond acceptors (Lipinski definition) is 6. The molecule has 0 unspecified atom stereocenters. The Balaban J connectivity index is 1.85. The van der Waals surface area contributed by atoms with Crippen LogP contribution in [0.5, 0.6) is 0 Å². The molecule has 0 saturated heterocycles. The molecule has 3 rings (SSSR count). The van der Waals surface area contributed by atoms with Crippen LogP contribution in [0.15, 0.2) is 18.7 Å². The molecular weight excluding hydrogens is 318 g/mol. The van der Waals surface area contributed by atoms with Gasteiger partial charge in [-0.05, 0) is 25.7 Å². The number of nitrogens with two attached hydrogens (primary N) is 1. The number of anilines is 1. The summed E-state index contributed by atoms with van der Waals surface area (Å²) in [7, 11) is 0. The molecule has 8 heteroatoms. The van der Waals surface area contributed by atoms with Crippen molar-refractivity contribution in [3.8, 4) is 0 Å². The summed E-state index contributed by atoms with van der Waals surface area (Å²) in [6.45, 7) is 4.29. The second-order valence-electron chi connectivity index (χ2n) is 6.50. The lowest BCUT2D eigenvalue weighted by atomic mass is 9.89. The summed E-state index contributed by atoms with van der Waals surface area (Å²) in [4.78, 5) is 26.3. The Morgan fingerprint density at radius 1 is 1.24 bits per heavy atom. The van der Waals surface area contributed by atoms with Gasteiger partial charge in [0.15, 0.2) is 0 Å². The molecule has 0 bridgehead atoms. The van der Waals surface area contributed by atoms with E-state index in [4.69, 9.17) is 5.73 Å². The Bertz CT molecular complexity index is 709. The molecule has 1 fully saturated rings. The standard InChI is InChI=1S/C17H25N7O/c1-2-24-16(21-12-22-24)10-23(9-13-6-4-3-5-7-13)15-8-14(17(18)25)19-11-20-15/h8,11-13H,2-7,9-10H2,1H3,(H2,18,25). The number of hydrogen-bond donors (Lipinski definition) is 1. The highest BCUT2D eigenvalue weighted by Gasteiger charge is 2.21. The maximum atomic E-state index is 11.5. The fourth-order valence-electron chi connectivity index (χ4n) is 3.42. The zero-order chi connectivity index (χ0) is 17.6. The highest BCUT2D eigenvalue weighted by Crippen LogP contribution is 2.26. The van der Waals surface area contributed by atoms with E-state index < -0.39 is 5.91 Å². The minimum Gasteiger partial charge on any atom is -0.364 e. The Kier molecular flexibility index (Phi) is 5.57. The number of amides is 1. The van der Waals surface area contributed by atoms with Gasteiger partial charge in [-0.1, -0.05) is 19.3 Å². The predicted molar refractivity (Wildman–Crippen MR) is 93.9 cm³/mol. The normalized spacial score (nSPS) is 15.2. The van der Waals surface area contributed by atoms with E-state index in [1.54, 1.807) is 12.4 Å². The molecule has 1 amide bonds. The van der Waals surface area contributed by atoms with E-state index in [0.717, 1.165) is 18.9 Å². The van der Waals surface area contributed by atoms with Crippen LogP contribution in [0.25, 0.3) is 0 Å². The van der Waals surface area contributed by atoms with Gasteiger partial charge in [0.05, 0.1) is 6.54 Å². The Labute approximate surface area is 147 Å². The molecule has 0 aromatic carbocycles. The van der Waals surface area contributed by atoms with Gasteiger partial charge >= 0.3 is 0 Å². The van der Waals surface area contributed by atoms with Crippen LogP contribution in [0.3, 0.4) is 0 Å². The van der Waals surface area contributed by atoms with Crippen LogP contribution in [0, 0.1) is 5.92 Å². The predicted octanol–water partition coefficient (Wildman–Crippen LogP) is 1.77. The van der Waals surface area contributed by atoms with Crippen LogP contribution in [-0.4, -0.2) is 37.2 Å². The van der Waals surface area contributed by atoms with Gasteiger partial charge in [-0.3, -0.25) is 4.79 Å². The number of carbonyl (C=O) groups excluding carboxylic acids is 1. The molecule has 8 nitrogen and oxygen atoms in total. The molecule has 1 aliphatic rings. The molecule has 2 heterocycles. The molecule has 134 valence electrons. The van der Waals surface area contributed by atoms with Crippen molar-refractivity contribution in [1.82, 2.24) is 24.7 Å². The van der Waals surface area contributed by atoms with E-state index in [1.165, 1.54) is 38.4 Å². The summed E-state index contributed by atoms with van der Waals surface area (Å²) in [5.74, 6) is 1.68. The third kappa shape index (κ3) is 4.32. The van der Waals surface area contributed by atoms with E-state index in [9.17, 15) is 4.79 Å². The fraction of sp³-hybridized carbons (Fsp3) is 0.588. The van der Waals surface area contributed by atoms with Gasteiger partial charge in [0, 0.05) is 19.2 Å². The maximum Gasteiger partial charge on any atom is 0.267 e. The van der Waals surface area contributed by atoms with Crippen molar-refractivity contribution in [3.63, 3.8) is 0 Å². The van der Waals surface area contributed by atoms with Crippen LogP contribution in [0.2, 0.25) is 0 Å². The topological polar surface area (TPSA) is 103 Å². The number of aromatic nitrogens is 5. The smallest absolute Gasteiger partial charge is 0.267 e.